The Kier molecular flexibility index (Phi) is 11.5. The van der Waals surface area contributed by atoms with Crippen molar-refractivity contribution in [2.45, 2.75) is 75.9 Å². The third kappa shape index (κ3) is 7.72. The standard InChI is InChI=1S/C24H35NO13/c1-31-16-11-14(13-36-19-8-4-5-9-35-19)15(25(29)30)12-17(16)34-10-6-7-18(26)37-22-20(27)23(32-2)38-24(33-3)21(22)28/h11-12,19-24,27-28H,4-10,13H2,1-3H3/t19?,20-,21+,22?,23-,24-/m0/s1. The van der Waals surface area contributed by atoms with E-state index < -0.39 is 48.1 Å². The Hall–Kier alpha value is -2.59. The van der Waals surface area contributed by atoms with Crippen LogP contribution in [0.15, 0.2) is 12.1 Å². The molecule has 1 aromatic rings. The summed E-state index contributed by atoms with van der Waals surface area (Å²) in [5.41, 5.74) is 0.119. The molecule has 0 radical (unpaired) electrons. The van der Waals surface area contributed by atoms with Crippen LogP contribution in [0.2, 0.25) is 0 Å². The predicted octanol–water partition coefficient (Wildman–Crippen LogP) is 1.41. The number of nitro benzene ring substituents is 1. The first-order valence-corrected chi connectivity index (χ1v) is 12.3. The molecule has 2 heterocycles. The maximum atomic E-state index is 12.4. The quantitative estimate of drug-likeness (QED) is 0.158. The molecular formula is C24H35NO13. The van der Waals surface area contributed by atoms with E-state index >= 15 is 0 Å². The van der Waals surface area contributed by atoms with Gasteiger partial charge >= 0.3 is 5.97 Å². The van der Waals surface area contributed by atoms with Gasteiger partial charge in [0.25, 0.3) is 5.69 Å². The number of carbonyl (C=O) groups is 1. The monoisotopic (exact) mass is 545 g/mol. The minimum Gasteiger partial charge on any atom is -0.493 e. The topological polar surface area (TPSA) is 175 Å². The molecule has 0 aliphatic carbocycles. The highest BCUT2D eigenvalue weighted by Crippen LogP contribution is 2.36. The van der Waals surface area contributed by atoms with Crippen molar-refractivity contribution < 1.29 is 57.8 Å². The molecule has 0 amide bonds. The fourth-order valence-electron chi connectivity index (χ4n) is 4.12. The molecule has 214 valence electrons. The summed E-state index contributed by atoms with van der Waals surface area (Å²) in [5.74, 6) is -0.309. The van der Waals surface area contributed by atoms with Crippen LogP contribution in [0.5, 0.6) is 11.5 Å². The zero-order valence-electron chi connectivity index (χ0n) is 21.6. The molecule has 6 atom stereocenters. The van der Waals surface area contributed by atoms with Gasteiger partial charge in [0.2, 0.25) is 0 Å². The van der Waals surface area contributed by atoms with E-state index in [0.717, 1.165) is 19.3 Å². The lowest BCUT2D eigenvalue weighted by Crippen LogP contribution is -2.59. The van der Waals surface area contributed by atoms with Crippen LogP contribution in [-0.4, -0.2) is 92.8 Å². The first-order valence-electron chi connectivity index (χ1n) is 12.3. The fraction of sp³-hybridized carbons (Fsp3) is 0.708. The number of aliphatic hydroxyl groups is 2. The van der Waals surface area contributed by atoms with Gasteiger partial charge in [0, 0.05) is 27.2 Å². The Morgan fingerprint density at radius 3 is 2.39 bits per heavy atom. The van der Waals surface area contributed by atoms with Gasteiger partial charge in [-0.25, -0.2) is 0 Å². The van der Waals surface area contributed by atoms with E-state index in [1.807, 2.05) is 0 Å². The predicted molar refractivity (Wildman–Crippen MR) is 127 cm³/mol. The smallest absolute Gasteiger partial charge is 0.306 e. The summed E-state index contributed by atoms with van der Waals surface area (Å²) in [6.45, 7) is 0.573. The maximum absolute atomic E-state index is 12.4. The largest absolute Gasteiger partial charge is 0.493 e. The van der Waals surface area contributed by atoms with E-state index in [4.69, 9.17) is 37.9 Å². The van der Waals surface area contributed by atoms with Crippen LogP contribution in [0.3, 0.4) is 0 Å². The van der Waals surface area contributed by atoms with Crippen molar-refractivity contribution in [2.75, 3.05) is 34.5 Å². The summed E-state index contributed by atoms with van der Waals surface area (Å²) in [4.78, 5) is 23.5. The molecule has 38 heavy (non-hydrogen) atoms. The van der Waals surface area contributed by atoms with Gasteiger partial charge in [0.15, 0.2) is 36.5 Å². The zero-order chi connectivity index (χ0) is 27.7. The molecule has 2 N–H and O–H groups in total. The van der Waals surface area contributed by atoms with Crippen LogP contribution in [0.25, 0.3) is 0 Å². The van der Waals surface area contributed by atoms with Crippen LogP contribution in [0, 0.1) is 10.1 Å². The average molecular weight is 546 g/mol. The number of benzene rings is 1. The van der Waals surface area contributed by atoms with Gasteiger partial charge in [-0.1, -0.05) is 0 Å². The van der Waals surface area contributed by atoms with Crippen LogP contribution in [0.1, 0.15) is 37.7 Å². The van der Waals surface area contributed by atoms with Crippen LogP contribution < -0.4 is 9.47 Å². The molecule has 2 aliphatic heterocycles. The summed E-state index contributed by atoms with van der Waals surface area (Å²) in [5, 5.41) is 32.3. The Morgan fingerprint density at radius 1 is 1.11 bits per heavy atom. The highest BCUT2D eigenvalue weighted by Gasteiger charge is 2.47. The van der Waals surface area contributed by atoms with E-state index in [1.165, 1.54) is 33.5 Å². The van der Waals surface area contributed by atoms with Crippen molar-refractivity contribution >= 4 is 11.7 Å². The molecule has 3 rings (SSSR count). The molecule has 1 aromatic carbocycles. The molecule has 14 heteroatoms. The van der Waals surface area contributed by atoms with E-state index in [2.05, 4.69) is 0 Å². The van der Waals surface area contributed by atoms with Crippen molar-refractivity contribution in [3.8, 4) is 11.5 Å². The number of hydrogen-bond donors (Lipinski definition) is 2. The number of esters is 1. The Morgan fingerprint density at radius 2 is 1.82 bits per heavy atom. The van der Waals surface area contributed by atoms with Gasteiger partial charge < -0.3 is 48.1 Å². The second-order valence-corrected chi connectivity index (χ2v) is 8.73. The highest BCUT2D eigenvalue weighted by atomic mass is 16.8. The van der Waals surface area contributed by atoms with Gasteiger partial charge in [0.1, 0.15) is 12.2 Å². The molecule has 2 unspecified atom stereocenters. The summed E-state index contributed by atoms with van der Waals surface area (Å²) in [7, 11) is 3.99. The van der Waals surface area contributed by atoms with Crippen LogP contribution in [-0.2, 0) is 39.8 Å². The van der Waals surface area contributed by atoms with E-state index in [-0.39, 0.29) is 43.2 Å². The first-order chi connectivity index (χ1) is 18.3. The lowest BCUT2D eigenvalue weighted by atomic mass is 10.0. The Labute approximate surface area is 219 Å². The van der Waals surface area contributed by atoms with Crippen molar-refractivity contribution in [2.24, 2.45) is 0 Å². The van der Waals surface area contributed by atoms with Crippen molar-refractivity contribution in [3.05, 3.63) is 27.8 Å². The number of ether oxygens (including phenoxy) is 8. The van der Waals surface area contributed by atoms with E-state index in [9.17, 15) is 25.1 Å². The molecule has 2 aliphatic rings. The molecule has 0 spiro atoms. The van der Waals surface area contributed by atoms with E-state index in [1.54, 1.807) is 0 Å². The summed E-state index contributed by atoms with van der Waals surface area (Å²) in [6.07, 6.45) is -4.21. The maximum Gasteiger partial charge on any atom is 0.306 e. The fourth-order valence-corrected chi connectivity index (χ4v) is 4.12. The Balaban J connectivity index is 1.55. The highest BCUT2D eigenvalue weighted by molar-refractivity contribution is 5.69. The van der Waals surface area contributed by atoms with Gasteiger partial charge in [-0.3, -0.25) is 14.9 Å². The van der Waals surface area contributed by atoms with Crippen LogP contribution >= 0.6 is 0 Å². The number of nitrogens with zero attached hydrogens (tertiary/aromatic N) is 1. The lowest BCUT2D eigenvalue weighted by Gasteiger charge is -2.40. The van der Waals surface area contributed by atoms with Crippen molar-refractivity contribution in [1.82, 2.24) is 0 Å². The summed E-state index contributed by atoms with van der Waals surface area (Å²) < 4.78 is 42.7. The van der Waals surface area contributed by atoms with Crippen LogP contribution in [0.4, 0.5) is 5.69 Å². The minimum absolute atomic E-state index is 0.00858. The van der Waals surface area contributed by atoms with Crippen molar-refractivity contribution in [1.29, 1.82) is 0 Å². The van der Waals surface area contributed by atoms with Gasteiger partial charge in [-0.2, -0.15) is 0 Å². The van der Waals surface area contributed by atoms with Gasteiger partial charge in [-0.05, 0) is 31.7 Å². The molecule has 2 saturated heterocycles. The summed E-state index contributed by atoms with van der Waals surface area (Å²) in [6, 6.07) is 2.74. The van der Waals surface area contributed by atoms with Crippen molar-refractivity contribution in [3.63, 3.8) is 0 Å². The number of aliphatic hydroxyl groups excluding tert-OH is 2. The minimum atomic E-state index is -1.43. The first kappa shape index (κ1) is 30.0. The summed E-state index contributed by atoms with van der Waals surface area (Å²) >= 11 is 0. The van der Waals surface area contributed by atoms with Gasteiger partial charge in [-0.15, -0.1) is 0 Å². The zero-order valence-corrected chi connectivity index (χ0v) is 21.6. The number of nitro groups is 1. The van der Waals surface area contributed by atoms with E-state index in [0.29, 0.717) is 12.2 Å². The third-order valence-corrected chi connectivity index (χ3v) is 6.14. The molecule has 0 bridgehead atoms. The number of rotatable bonds is 13. The number of carbonyl (C=O) groups excluding carboxylic acids is 1. The lowest BCUT2D eigenvalue weighted by molar-refractivity contribution is -0.386. The second-order valence-electron chi connectivity index (χ2n) is 8.73. The number of hydrogen-bond acceptors (Lipinski definition) is 13. The molecule has 2 fully saturated rings. The third-order valence-electron chi connectivity index (χ3n) is 6.14. The normalized spacial score (nSPS) is 27.5. The average Bonchev–Trinajstić information content (AvgIpc) is 2.92. The molecule has 0 aromatic heterocycles. The second kappa shape index (κ2) is 14.5. The SMILES string of the molecule is COc1cc(COC2CCCCO2)c([N+](=O)[O-])cc1OCCCC(=O)OC1[C@@H](O)[C@@H](OC)O[C@H](OC)[C@H]1O. The Bertz CT molecular complexity index is 907. The molecule has 0 saturated carbocycles. The van der Waals surface area contributed by atoms with Gasteiger partial charge in [0.05, 0.1) is 36.9 Å². The molecule has 14 nitrogen and oxygen atoms in total. The number of methoxy groups -OCH3 is 3. The molecular weight excluding hydrogens is 510 g/mol.